The second kappa shape index (κ2) is 10.5. The third kappa shape index (κ3) is 5.59. The minimum atomic E-state index is -3.58. The van der Waals surface area contributed by atoms with Crippen LogP contribution in [0.2, 0.25) is 0 Å². The van der Waals surface area contributed by atoms with E-state index in [0.29, 0.717) is 30.8 Å². The number of piperidine rings is 1. The monoisotopic (exact) mass is 497 g/mol. The fourth-order valence-electron chi connectivity index (χ4n) is 5.16. The molecule has 1 fully saturated rings. The molecular formula is C27H35N3O4S. The second-order valence-electron chi connectivity index (χ2n) is 9.83. The van der Waals surface area contributed by atoms with E-state index in [4.69, 9.17) is 0 Å². The third-order valence-electron chi connectivity index (χ3n) is 7.26. The molecule has 0 aromatic heterocycles. The molecule has 8 heteroatoms. The van der Waals surface area contributed by atoms with Gasteiger partial charge in [0.1, 0.15) is 0 Å². The van der Waals surface area contributed by atoms with Crippen LogP contribution in [0.5, 0.6) is 0 Å². The molecule has 7 nitrogen and oxygen atoms in total. The Kier molecular flexibility index (Phi) is 7.62. The summed E-state index contributed by atoms with van der Waals surface area (Å²) in [6.07, 6.45) is 5.10. The lowest BCUT2D eigenvalue weighted by atomic mass is 9.92. The van der Waals surface area contributed by atoms with Crippen LogP contribution in [-0.4, -0.2) is 56.1 Å². The van der Waals surface area contributed by atoms with Crippen LogP contribution in [-0.2, 0) is 32.5 Å². The number of sulfonamides is 1. The van der Waals surface area contributed by atoms with Crippen molar-refractivity contribution in [2.24, 2.45) is 5.92 Å². The fourth-order valence-corrected chi connectivity index (χ4v) is 6.68. The van der Waals surface area contributed by atoms with Gasteiger partial charge in [0.05, 0.1) is 11.4 Å². The molecule has 1 aliphatic carbocycles. The van der Waals surface area contributed by atoms with Crippen molar-refractivity contribution in [3.63, 3.8) is 0 Å². The molecule has 1 saturated heterocycles. The van der Waals surface area contributed by atoms with Crippen LogP contribution in [0.1, 0.15) is 47.9 Å². The Balaban J connectivity index is 1.33. The van der Waals surface area contributed by atoms with Crippen LogP contribution in [0.25, 0.3) is 0 Å². The van der Waals surface area contributed by atoms with Crippen LogP contribution < -0.4 is 5.32 Å². The van der Waals surface area contributed by atoms with Gasteiger partial charge in [-0.25, -0.2) is 8.42 Å². The first kappa shape index (κ1) is 25.4. The van der Waals surface area contributed by atoms with E-state index in [2.05, 4.69) is 5.32 Å². The number of likely N-dealkylation sites (N-methyl/N-ethyl adjacent to an activating group) is 1. The lowest BCUT2D eigenvalue weighted by molar-refractivity contribution is -0.138. The maximum absolute atomic E-state index is 13.2. The number of anilines is 1. The van der Waals surface area contributed by atoms with Gasteiger partial charge >= 0.3 is 0 Å². The first-order valence-electron chi connectivity index (χ1n) is 12.4. The molecule has 0 spiro atoms. The molecule has 2 aromatic carbocycles. The molecular weight excluding hydrogens is 462 g/mol. The van der Waals surface area contributed by atoms with E-state index in [1.165, 1.54) is 14.8 Å². The fraction of sp³-hybridized carbons (Fsp3) is 0.481. The zero-order chi connectivity index (χ0) is 25.2. The van der Waals surface area contributed by atoms with Gasteiger partial charge in [-0.1, -0.05) is 24.3 Å². The number of hydrogen-bond acceptors (Lipinski definition) is 4. The number of carbonyl (C=O) groups is 2. The van der Waals surface area contributed by atoms with E-state index < -0.39 is 10.0 Å². The molecule has 2 aliphatic rings. The molecule has 4 rings (SSSR count). The largest absolute Gasteiger partial charge is 0.336 e. The summed E-state index contributed by atoms with van der Waals surface area (Å²) in [5.41, 5.74) is 5.12. The number of para-hydroxylation sites is 1. The second-order valence-corrected chi connectivity index (χ2v) is 11.8. The molecule has 188 valence electrons. The molecule has 0 bridgehead atoms. The van der Waals surface area contributed by atoms with E-state index in [0.717, 1.165) is 48.1 Å². The molecule has 0 radical (unpaired) electrons. The summed E-state index contributed by atoms with van der Waals surface area (Å²) < 4.78 is 28.0. The van der Waals surface area contributed by atoms with Crippen LogP contribution in [0, 0.1) is 19.8 Å². The molecule has 2 amide bonds. The maximum atomic E-state index is 13.2. The quantitative estimate of drug-likeness (QED) is 0.660. The molecule has 1 aliphatic heterocycles. The summed E-state index contributed by atoms with van der Waals surface area (Å²) in [4.78, 5) is 27.3. The maximum Gasteiger partial charge on any atom is 0.243 e. The predicted octanol–water partition coefficient (Wildman–Crippen LogP) is 3.68. The van der Waals surface area contributed by atoms with Gasteiger partial charge in [0, 0.05) is 31.7 Å². The van der Waals surface area contributed by atoms with Crippen molar-refractivity contribution in [3.05, 3.63) is 58.7 Å². The van der Waals surface area contributed by atoms with Gasteiger partial charge < -0.3 is 10.2 Å². The highest BCUT2D eigenvalue weighted by atomic mass is 32.2. The summed E-state index contributed by atoms with van der Waals surface area (Å²) in [5, 5.41) is 2.91. The number of benzene rings is 2. The Bertz CT molecular complexity index is 1200. The number of hydrogen-bond donors (Lipinski definition) is 1. The molecule has 35 heavy (non-hydrogen) atoms. The van der Waals surface area contributed by atoms with Gasteiger partial charge in [0.15, 0.2) is 0 Å². The first-order chi connectivity index (χ1) is 16.7. The van der Waals surface area contributed by atoms with Gasteiger partial charge in [-0.3, -0.25) is 9.59 Å². The first-order valence-corrected chi connectivity index (χ1v) is 13.8. The van der Waals surface area contributed by atoms with Gasteiger partial charge in [-0.15, -0.1) is 0 Å². The van der Waals surface area contributed by atoms with Crippen molar-refractivity contribution in [2.75, 3.05) is 32.0 Å². The topological polar surface area (TPSA) is 86.8 Å². The summed E-state index contributed by atoms with van der Waals surface area (Å²) in [7, 11) is -1.95. The van der Waals surface area contributed by atoms with Gasteiger partial charge in [-0.05, 0) is 86.8 Å². The van der Waals surface area contributed by atoms with Crippen molar-refractivity contribution in [3.8, 4) is 0 Å². The van der Waals surface area contributed by atoms with Crippen molar-refractivity contribution in [2.45, 2.75) is 57.3 Å². The van der Waals surface area contributed by atoms with E-state index in [1.54, 1.807) is 13.1 Å². The van der Waals surface area contributed by atoms with Crippen LogP contribution in [0.4, 0.5) is 5.69 Å². The summed E-state index contributed by atoms with van der Waals surface area (Å²) >= 11 is 0. The zero-order valence-electron chi connectivity index (χ0n) is 20.8. The zero-order valence-corrected chi connectivity index (χ0v) is 21.7. The van der Waals surface area contributed by atoms with Crippen LogP contribution >= 0.6 is 0 Å². The van der Waals surface area contributed by atoms with Crippen LogP contribution in [0.3, 0.4) is 0 Å². The number of carbonyl (C=O) groups excluding carboxylic acids is 2. The summed E-state index contributed by atoms with van der Waals surface area (Å²) in [6, 6.07) is 11.3. The van der Waals surface area contributed by atoms with Gasteiger partial charge in [-0.2, -0.15) is 4.31 Å². The molecule has 1 N–H and O–H groups in total. The van der Waals surface area contributed by atoms with E-state index in [-0.39, 0.29) is 24.3 Å². The molecule has 0 saturated carbocycles. The van der Waals surface area contributed by atoms with Gasteiger partial charge in [0.25, 0.3) is 0 Å². The number of nitrogens with zero attached hydrogens (tertiary/aromatic N) is 2. The normalized spacial score (nSPS) is 17.0. The highest BCUT2D eigenvalue weighted by molar-refractivity contribution is 7.89. The van der Waals surface area contributed by atoms with E-state index in [1.807, 2.05) is 44.2 Å². The van der Waals surface area contributed by atoms with Crippen LogP contribution in [0.15, 0.2) is 41.3 Å². The lowest BCUT2D eigenvalue weighted by Crippen LogP contribution is -2.45. The number of nitrogens with one attached hydrogen (secondary N) is 1. The highest BCUT2D eigenvalue weighted by Crippen LogP contribution is 2.29. The molecule has 0 unspecified atom stereocenters. The standard InChI is InChI=1S/C27H35N3O4S/c1-19-7-6-8-20(2)26(19)28-25(31)18-29(3)27(32)22-13-15-30(16-14-22)35(33,34)24-12-11-21-9-4-5-10-23(21)17-24/h6-8,11-12,17,22H,4-5,9-10,13-16,18H2,1-3H3,(H,28,31). The van der Waals surface area contributed by atoms with Gasteiger partial charge in [0.2, 0.25) is 21.8 Å². The Morgan fingerprint density at radius 3 is 2.29 bits per heavy atom. The number of fused-ring (bicyclic) bond motifs is 1. The number of amides is 2. The highest BCUT2D eigenvalue weighted by Gasteiger charge is 2.34. The minimum absolute atomic E-state index is 0.0414. The minimum Gasteiger partial charge on any atom is -0.336 e. The van der Waals surface area contributed by atoms with Crippen molar-refractivity contribution in [1.29, 1.82) is 0 Å². The number of aryl methyl sites for hydroxylation is 4. The Morgan fingerprint density at radius 2 is 1.63 bits per heavy atom. The smallest absolute Gasteiger partial charge is 0.243 e. The molecule has 1 heterocycles. The Hall–Kier alpha value is -2.71. The summed E-state index contributed by atoms with van der Waals surface area (Å²) in [5.74, 6) is -0.652. The van der Waals surface area contributed by atoms with Crippen molar-refractivity contribution < 1.29 is 18.0 Å². The Labute approximate surface area is 208 Å². The summed E-state index contributed by atoms with van der Waals surface area (Å²) in [6.45, 7) is 4.43. The van der Waals surface area contributed by atoms with E-state index in [9.17, 15) is 18.0 Å². The number of rotatable bonds is 6. The lowest BCUT2D eigenvalue weighted by Gasteiger charge is -2.32. The average Bonchev–Trinajstić information content (AvgIpc) is 2.85. The molecule has 2 aromatic rings. The van der Waals surface area contributed by atoms with Crippen molar-refractivity contribution in [1.82, 2.24) is 9.21 Å². The predicted molar refractivity (Wildman–Crippen MR) is 137 cm³/mol. The van der Waals surface area contributed by atoms with E-state index >= 15 is 0 Å². The molecule has 0 atom stereocenters. The van der Waals surface area contributed by atoms with Crippen molar-refractivity contribution >= 4 is 27.5 Å². The SMILES string of the molecule is Cc1cccc(C)c1NC(=O)CN(C)C(=O)C1CCN(S(=O)(=O)c2ccc3c(c2)CCCC3)CC1. The average molecular weight is 498 g/mol. The Morgan fingerprint density at radius 1 is 1.00 bits per heavy atom. The third-order valence-corrected chi connectivity index (χ3v) is 9.16.